The lowest BCUT2D eigenvalue weighted by atomic mass is 10.1. The van der Waals surface area contributed by atoms with Gasteiger partial charge in [-0.05, 0) is 37.2 Å². The maximum atomic E-state index is 12.7. The molecule has 2 heterocycles. The van der Waals surface area contributed by atoms with Gasteiger partial charge in [-0.15, -0.1) is 0 Å². The van der Waals surface area contributed by atoms with E-state index in [1.54, 1.807) is 29.2 Å². The number of amides is 2. The van der Waals surface area contributed by atoms with Gasteiger partial charge in [0.1, 0.15) is 5.75 Å². The summed E-state index contributed by atoms with van der Waals surface area (Å²) in [7, 11) is 2.03. The Morgan fingerprint density at radius 3 is 2.60 bits per heavy atom. The van der Waals surface area contributed by atoms with Crippen molar-refractivity contribution in [2.45, 2.75) is 6.42 Å². The first-order valence-electron chi connectivity index (χ1n) is 10.2. The van der Waals surface area contributed by atoms with Gasteiger partial charge in [0.05, 0.1) is 5.56 Å². The van der Waals surface area contributed by atoms with Gasteiger partial charge in [0.15, 0.2) is 0 Å². The summed E-state index contributed by atoms with van der Waals surface area (Å²) in [5, 5.41) is 4.10. The Balaban J connectivity index is 1.36. The molecule has 1 fully saturated rings. The number of rotatable bonds is 5. The zero-order valence-corrected chi connectivity index (χ0v) is 17.1. The van der Waals surface area contributed by atoms with Crippen molar-refractivity contribution in [2.24, 2.45) is 0 Å². The van der Waals surface area contributed by atoms with E-state index in [4.69, 9.17) is 4.74 Å². The first kappa shape index (κ1) is 20.0. The Kier molecular flexibility index (Phi) is 5.99. The number of nitrogens with one attached hydrogen (secondary N) is 2. The fourth-order valence-electron chi connectivity index (χ4n) is 3.64. The number of benzene rings is 2. The highest BCUT2D eigenvalue weighted by molar-refractivity contribution is 5.97. The van der Waals surface area contributed by atoms with Crippen LogP contribution in [0.3, 0.4) is 0 Å². The zero-order valence-electron chi connectivity index (χ0n) is 17.1. The van der Waals surface area contributed by atoms with Gasteiger partial charge in [-0.25, -0.2) is 4.79 Å². The molecule has 0 bridgehead atoms. The van der Waals surface area contributed by atoms with Gasteiger partial charge < -0.3 is 24.8 Å². The molecule has 1 aliphatic heterocycles. The molecule has 7 nitrogen and oxygen atoms in total. The molecule has 4 rings (SSSR count). The lowest BCUT2D eigenvalue weighted by molar-refractivity contribution is 0.0948. The van der Waals surface area contributed by atoms with Gasteiger partial charge in [-0.2, -0.15) is 0 Å². The molecule has 0 saturated carbocycles. The number of piperazine rings is 1. The predicted octanol–water partition coefficient (Wildman–Crippen LogP) is 2.89. The molecule has 30 heavy (non-hydrogen) atoms. The molecule has 1 aliphatic rings. The van der Waals surface area contributed by atoms with Gasteiger partial charge in [0.25, 0.3) is 5.91 Å². The number of fused-ring (bicyclic) bond motifs is 1. The van der Waals surface area contributed by atoms with Crippen molar-refractivity contribution < 1.29 is 14.3 Å². The quantitative estimate of drug-likeness (QED) is 0.683. The molecule has 0 unspecified atom stereocenters. The standard InChI is InChI=1S/C23H26N4O3/c1-26-12-14-27(15-13-26)23(29)30-21-9-5-3-7-19(21)22(28)24-11-10-17-16-25-20-8-4-2-6-18(17)20/h2-9,16,25H,10-15H2,1H3,(H,24,28). The summed E-state index contributed by atoms with van der Waals surface area (Å²) >= 11 is 0. The maximum absolute atomic E-state index is 12.7. The van der Waals surface area contributed by atoms with Gasteiger partial charge in [-0.1, -0.05) is 30.3 Å². The average Bonchev–Trinajstić information content (AvgIpc) is 3.17. The van der Waals surface area contributed by atoms with Crippen molar-refractivity contribution in [3.63, 3.8) is 0 Å². The molecule has 1 aromatic heterocycles. The number of nitrogens with zero attached hydrogens (tertiary/aromatic N) is 2. The molecule has 0 aliphatic carbocycles. The lowest BCUT2D eigenvalue weighted by Gasteiger charge is -2.31. The highest BCUT2D eigenvalue weighted by Gasteiger charge is 2.22. The van der Waals surface area contributed by atoms with E-state index in [0.29, 0.717) is 31.6 Å². The molecule has 7 heteroatoms. The monoisotopic (exact) mass is 406 g/mol. The summed E-state index contributed by atoms with van der Waals surface area (Å²) < 4.78 is 5.55. The smallest absolute Gasteiger partial charge is 0.409 e. The molecule has 0 spiro atoms. The van der Waals surface area contributed by atoms with Crippen molar-refractivity contribution in [3.8, 4) is 5.75 Å². The van der Waals surface area contributed by atoms with E-state index < -0.39 is 6.09 Å². The van der Waals surface area contributed by atoms with Crippen molar-refractivity contribution in [2.75, 3.05) is 39.8 Å². The van der Waals surface area contributed by atoms with E-state index in [1.165, 1.54) is 0 Å². The first-order chi connectivity index (χ1) is 14.6. The topological polar surface area (TPSA) is 77.7 Å². The molecule has 3 aromatic rings. The van der Waals surface area contributed by atoms with E-state index in [2.05, 4.69) is 21.3 Å². The van der Waals surface area contributed by atoms with Crippen molar-refractivity contribution >= 4 is 22.9 Å². The normalized spacial score (nSPS) is 14.6. The molecule has 1 saturated heterocycles. The van der Waals surface area contributed by atoms with Crippen LogP contribution in [0, 0.1) is 0 Å². The summed E-state index contributed by atoms with van der Waals surface area (Å²) in [5.41, 5.74) is 2.60. The number of aromatic nitrogens is 1. The molecule has 156 valence electrons. The third-order valence-electron chi connectivity index (χ3n) is 5.45. The fraction of sp³-hybridized carbons (Fsp3) is 0.304. The number of ether oxygens (including phenoxy) is 1. The molecular weight excluding hydrogens is 380 g/mol. The number of carbonyl (C=O) groups excluding carboxylic acids is 2. The Hall–Kier alpha value is -3.32. The second kappa shape index (κ2) is 9.00. The number of carbonyl (C=O) groups is 2. The highest BCUT2D eigenvalue weighted by Crippen LogP contribution is 2.20. The molecule has 2 N–H and O–H groups in total. The predicted molar refractivity (Wildman–Crippen MR) is 116 cm³/mol. The Labute approximate surface area is 175 Å². The van der Waals surface area contributed by atoms with Crippen LogP contribution in [0.2, 0.25) is 0 Å². The summed E-state index contributed by atoms with van der Waals surface area (Å²) in [6.07, 6.45) is 2.27. The van der Waals surface area contributed by atoms with Gasteiger partial charge in [0, 0.05) is 49.8 Å². The Morgan fingerprint density at radius 2 is 1.77 bits per heavy atom. The van der Waals surface area contributed by atoms with Crippen LogP contribution in [-0.4, -0.2) is 66.6 Å². The van der Waals surface area contributed by atoms with Crippen LogP contribution in [0.1, 0.15) is 15.9 Å². The van der Waals surface area contributed by atoms with Crippen LogP contribution in [0.5, 0.6) is 5.75 Å². The number of aromatic amines is 1. The number of H-pyrrole nitrogens is 1. The number of hydrogen-bond donors (Lipinski definition) is 2. The second-order valence-electron chi connectivity index (χ2n) is 7.52. The van der Waals surface area contributed by atoms with Crippen molar-refractivity contribution in [1.82, 2.24) is 20.1 Å². The van der Waals surface area contributed by atoms with Crippen molar-refractivity contribution in [3.05, 3.63) is 65.9 Å². The highest BCUT2D eigenvalue weighted by atomic mass is 16.6. The van der Waals surface area contributed by atoms with E-state index in [9.17, 15) is 9.59 Å². The summed E-state index contributed by atoms with van der Waals surface area (Å²) in [5.74, 6) is 0.0302. The molecular formula is C23H26N4O3. The van der Waals surface area contributed by atoms with Gasteiger partial charge in [0.2, 0.25) is 0 Å². The van der Waals surface area contributed by atoms with Crippen LogP contribution in [-0.2, 0) is 6.42 Å². The molecule has 0 atom stereocenters. The molecule has 2 aromatic carbocycles. The lowest BCUT2D eigenvalue weighted by Crippen LogP contribution is -2.48. The SMILES string of the molecule is CN1CCN(C(=O)Oc2ccccc2C(=O)NCCc2c[nH]c3ccccc23)CC1. The minimum Gasteiger partial charge on any atom is -0.409 e. The minimum absolute atomic E-state index is 0.253. The largest absolute Gasteiger partial charge is 0.415 e. The third-order valence-corrected chi connectivity index (χ3v) is 5.45. The van der Waals surface area contributed by atoms with Crippen LogP contribution >= 0.6 is 0 Å². The van der Waals surface area contributed by atoms with E-state index >= 15 is 0 Å². The number of hydrogen-bond acceptors (Lipinski definition) is 4. The summed E-state index contributed by atoms with van der Waals surface area (Å²) in [4.78, 5) is 32.3. The van der Waals surface area contributed by atoms with Gasteiger partial charge >= 0.3 is 6.09 Å². The molecule has 2 amide bonds. The zero-order chi connectivity index (χ0) is 20.9. The number of likely N-dealkylation sites (N-methyl/N-ethyl adjacent to an activating group) is 1. The minimum atomic E-state index is -0.415. The van der Waals surface area contributed by atoms with E-state index in [0.717, 1.165) is 29.6 Å². The summed E-state index contributed by atoms with van der Waals surface area (Å²) in [6, 6.07) is 14.9. The van der Waals surface area contributed by atoms with E-state index in [-0.39, 0.29) is 11.7 Å². The average molecular weight is 406 g/mol. The second-order valence-corrected chi connectivity index (χ2v) is 7.52. The van der Waals surface area contributed by atoms with E-state index in [1.807, 2.05) is 31.4 Å². The van der Waals surface area contributed by atoms with Crippen LogP contribution in [0.15, 0.2) is 54.7 Å². The fourth-order valence-corrected chi connectivity index (χ4v) is 3.64. The van der Waals surface area contributed by atoms with Crippen LogP contribution < -0.4 is 10.1 Å². The van der Waals surface area contributed by atoms with Crippen LogP contribution in [0.25, 0.3) is 10.9 Å². The Morgan fingerprint density at radius 1 is 1.03 bits per heavy atom. The molecule has 0 radical (unpaired) electrons. The van der Waals surface area contributed by atoms with Crippen LogP contribution in [0.4, 0.5) is 4.79 Å². The Bertz CT molecular complexity index is 1040. The summed E-state index contributed by atoms with van der Waals surface area (Å²) in [6.45, 7) is 3.35. The maximum Gasteiger partial charge on any atom is 0.415 e. The third kappa shape index (κ3) is 4.46. The first-order valence-corrected chi connectivity index (χ1v) is 10.2. The van der Waals surface area contributed by atoms with Gasteiger partial charge in [-0.3, -0.25) is 4.79 Å². The van der Waals surface area contributed by atoms with Crippen molar-refractivity contribution in [1.29, 1.82) is 0 Å². The number of para-hydroxylation sites is 2.